The van der Waals surface area contributed by atoms with Gasteiger partial charge in [0.15, 0.2) is 5.15 Å². The fraction of sp³-hybridized carbons (Fsp3) is 0. The van der Waals surface area contributed by atoms with Crippen LogP contribution in [0.1, 0.15) is 5.69 Å². The molecule has 0 aliphatic heterocycles. The highest BCUT2D eigenvalue weighted by Gasteiger charge is 2.12. The van der Waals surface area contributed by atoms with Crippen molar-refractivity contribution in [3.05, 3.63) is 40.8 Å². The number of aliphatic carboxylic acids is 1. The molecule has 0 unspecified atom stereocenters. The number of nitrogens with zero attached hydrogens (tertiary/aromatic N) is 3. The van der Waals surface area contributed by atoms with E-state index in [0.717, 1.165) is 0 Å². The summed E-state index contributed by atoms with van der Waals surface area (Å²) in [6.45, 7) is 0. The summed E-state index contributed by atoms with van der Waals surface area (Å²) in [5.41, 5.74) is 0.574. The van der Waals surface area contributed by atoms with E-state index in [2.05, 4.69) is 4.98 Å². The molecule has 0 amide bonds. The predicted octanol–water partition coefficient (Wildman–Crippen LogP) is 1.98. The van der Waals surface area contributed by atoms with Gasteiger partial charge in [-0.05, 0) is 18.2 Å². The lowest BCUT2D eigenvalue weighted by molar-refractivity contribution is -0.132. The number of aromatic nitrogens is 2. The van der Waals surface area contributed by atoms with E-state index in [9.17, 15) is 4.79 Å². The largest absolute Gasteiger partial charge is 0.477 e. The molecule has 0 aromatic carbocycles. The van der Waals surface area contributed by atoms with Gasteiger partial charge < -0.3 is 5.11 Å². The SMILES string of the molecule is N#C/C(=C\c1c(Cl)nc2ccccn12)C(=O)O. The summed E-state index contributed by atoms with van der Waals surface area (Å²) >= 11 is 5.89. The van der Waals surface area contributed by atoms with E-state index in [0.29, 0.717) is 11.3 Å². The van der Waals surface area contributed by atoms with E-state index < -0.39 is 11.5 Å². The molecule has 0 spiro atoms. The lowest BCUT2D eigenvalue weighted by Crippen LogP contribution is -1.98. The molecule has 0 atom stereocenters. The molecule has 6 heteroatoms. The van der Waals surface area contributed by atoms with Crippen LogP contribution in [0.3, 0.4) is 0 Å². The third-order valence-electron chi connectivity index (χ3n) is 2.15. The Labute approximate surface area is 101 Å². The second-order valence-corrected chi connectivity index (χ2v) is 3.55. The summed E-state index contributed by atoms with van der Waals surface area (Å²) in [5.74, 6) is -1.30. The van der Waals surface area contributed by atoms with Crippen LogP contribution in [0.2, 0.25) is 5.15 Å². The first-order valence-corrected chi connectivity index (χ1v) is 4.99. The molecule has 2 aromatic heterocycles. The molecule has 0 radical (unpaired) electrons. The van der Waals surface area contributed by atoms with E-state index in [1.807, 2.05) is 0 Å². The fourth-order valence-electron chi connectivity index (χ4n) is 1.39. The maximum absolute atomic E-state index is 10.7. The first-order chi connectivity index (χ1) is 8.13. The zero-order chi connectivity index (χ0) is 12.4. The van der Waals surface area contributed by atoms with Crippen molar-refractivity contribution in [3.8, 4) is 6.07 Å². The molecule has 0 bridgehead atoms. The van der Waals surface area contributed by atoms with Gasteiger partial charge in [0, 0.05) is 6.20 Å². The third kappa shape index (κ3) is 1.98. The average Bonchev–Trinajstić information content (AvgIpc) is 2.61. The van der Waals surface area contributed by atoms with Gasteiger partial charge in [-0.3, -0.25) is 4.40 Å². The number of halogens is 1. The van der Waals surface area contributed by atoms with Crippen LogP contribution in [0.25, 0.3) is 11.7 Å². The first kappa shape index (κ1) is 11.2. The van der Waals surface area contributed by atoms with Gasteiger partial charge in [0.05, 0.1) is 5.69 Å². The molecule has 0 fully saturated rings. The number of rotatable bonds is 2. The molecule has 84 valence electrons. The summed E-state index contributed by atoms with van der Waals surface area (Å²) in [4.78, 5) is 14.8. The predicted molar refractivity (Wildman–Crippen MR) is 61.4 cm³/mol. The fourth-order valence-corrected chi connectivity index (χ4v) is 1.63. The lowest BCUT2D eigenvalue weighted by atomic mass is 10.2. The number of imidazole rings is 1. The Morgan fingerprint density at radius 2 is 2.35 bits per heavy atom. The number of hydrogen-bond acceptors (Lipinski definition) is 3. The minimum atomic E-state index is -1.30. The minimum absolute atomic E-state index is 0.158. The van der Waals surface area contributed by atoms with Crippen molar-refractivity contribution in [1.82, 2.24) is 9.38 Å². The van der Waals surface area contributed by atoms with Crippen LogP contribution in [0.4, 0.5) is 0 Å². The standard InChI is InChI=1S/C11H6ClN3O2/c12-10-8(5-7(6-13)11(16)17)15-4-2-1-3-9(15)14-10/h1-5H,(H,16,17)/b7-5+. The van der Waals surface area contributed by atoms with Crippen LogP contribution in [0, 0.1) is 11.3 Å². The van der Waals surface area contributed by atoms with Crippen LogP contribution >= 0.6 is 11.6 Å². The minimum Gasteiger partial charge on any atom is -0.477 e. The van der Waals surface area contributed by atoms with Gasteiger partial charge in [-0.25, -0.2) is 9.78 Å². The number of fused-ring (bicyclic) bond motifs is 1. The van der Waals surface area contributed by atoms with Crippen molar-refractivity contribution in [2.75, 3.05) is 0 Å². The number of carboxylic acid groups (broad SMARTS) is 1. The summed E-state index contributed by atoms with van der Waals surface area (Å²) in [7, 11) is 0. The Morgan fingerprint density at radius 3 is 3.00 bits per heavy atom. The summed E-state index contributed by atoms with van der Waals surface area (Å²) in [6, 6.07) is 6.87. The van der Waals surface area contributed by atoms with Crippen LogP contribution in [0.15, 0.2) is 30.0 Å². The average molecular weight is 248 g/mol. The van der Waals surface area contributed by atoms with Gasteiger partial charge >= 0.3 is 5.97 Å². The highest BCUT2D eigenvalue weighted by molar-refractivity contribution is 6.31. The van der Waals surface area contributed by atoms with Crippen molar-refractivity contribution < 1.29 is 9.90 Å². The van der Waals surface area contributed by atoms with Crippen LogP contribution in [-0.4, -0.2) is 20.5 Å². The highest BCUT2D eigenvalue weighted by Crippen LogP contribution is 2.20. The van der Waals surface area contributed by atoms with E-state index in [1.54, 1.807) is 34.9 Å². The Bertz CT molecular complexity index is 667. The quantitative estimate of drug-likeness (QED) is 0.650. The Kier molecular flexibility index (Phi) is 2.81. The molecular formula is C11H6ClN3O2. The van der Waals surface area contributed by atoms with Crippen molar-refractivity contribution in [3.63, 3.8) is 0 Å². The molecule has 2 aromatic rings. The number of hydrogen-bond donors (Lipinski definition) is 1. The molecule has 17 heavy (non-hydrogen) atoms. The van der Waals surface area contributed by atoms with Gasteiger partial charge in [0.25, 0.3) is 0 Å². The topological polar surface area (TPSA) is 78.4 Å². The lowest BCUT2D eigenvalue weighted by Gasteiger charge is -1.96. The van der Waals surface area contributed by atoms with Gasteiger partial charge in [0.2, 0.25) is 0 Å². The molecule has 0 saturated carbocycles. The maximum atomic E-state index is 10.7. The summed E-state index contributed by atoms with van der Waals surface area (Å²) in [5, 5.41) is 17.6. The smallest absolute Gasteiger partial charge is 0.346 e. The maximum Gasteiger partial charge on any atom is 0.346 e. The van der Waals surface area contributed by atoms with Gasteiger partial charge in [0.1, 0.15) is 17.3 Å². The number of carbonyl (C=O) groups is 1. The Hall–Kier alpha value is -2.32. The van der Waals surface area contributed by atoms with Crippen molar-refractivity contribution in [2.45, 2.75) is 0 Å². The molecule has 0 aliphatic carbocycles. The zero-order valence-electron chi connectivity index (χ0n) is 8.46. The van der Waals surface area contributed by atoms with Crippen LogP contribution < -0.4 is 0 Å². The highest BCUT2D eigenvalue weighted by atomic mass is 35.5. The molecule has 1 N–H and O–H groups in total. The van der Waals surface area contributed by atoms with E-state index in [-0.39, 0.29) is 5.15 Å². The third-order valence-corrected chi connectivity index (χ3v) is 2.43. The van der Waals surface area contributed by atoms with Crippen molar-refractivity contribution in [1.29, 1.82) is 5.26 Å². The van der Waals surface area contributed by atoms with E-state index >= 15 is 0 Å². The molecule has 5 nitrogen and oxygen atoms in total. The van der Waals surface area contributed by atoms with Crippen LogP contribution in [-0.2, 0) is 4.79 Å². The van der Waals surface area contributed by atoms with Crippen molar-refractivity contribution >= 4 is 29.3 Å². The summed E-state index contributed by atoms with van der Waals surface area (Å²) < 4.78 is 1.61. The van der Waals surface area contributed by atoms with E-state index in [4.69, 9.17) is 22.0 Å². The van der Waals surface area contributed by atoms with Gasteiger partial charge in [-0.2, -0.15) is 5.26 Å². The molecular weight excluding hydrogens is 242 g/mol. The monoisotopic (exact) mass is 247 g/mol. The number of carboxylic acids is 1. The van der Waals surface area contributed by atoms with Crippen molar-refractivity contribution in [2.24, 2.45) is 0 Å². The van der Waals surface area contributed by atoms with Crippen LogP contribution in [0.5, 0.6) is 0 Å². The number of pyridine rings is 1. The number of nitriles is 1. The molecule has 2 rings (SSSR count). The second kappa shape index (κ2) is 4.28. The Balaban J connectivity index is 2.68. The summed E-state index contributed by atoms with van der Waals surface area (Å²) in [6.07, 6.45) is 2.89. The molecule has 0 aliphatic rings. The van der Waals surface area contributed by atoms with Gasteiger partial charge in [-0.15, -0.1) is 0 Å². The van der Waals surface area contributed by atoms with E-state index in [1.165, 1.54) is 6.08 Å². The van der Waals surface area contributed by atoms with Gasteiger partial charge in [-0.1, -0.05) is 17.7 Å². The zero-order valence-corrected chi connectivity index (χ0v) is 9.22. The molecule has 0 saturated heterocycles. The first-order valence-electron chi connectivity index (χ1n) is 4.61. The molecule has 2 heterocycles. The second-order valence-electron chi connectivity index (χ2n) is 3.19. The Morgan fingerprint density at radius 1 is 1.59 bits per heavy atom. The normalized spacial score (nSPS) is 11.4.